The highest BCUT2D eigenvalue weighted by atomic mass is 16.5. The van der Waals surface area contributed by atoms with E-state index >= 15 is 0 Å². The minimum Gasteiger partial charge on any atom is -0.493 e. The van der Waals surface area contributed by atoms with Crippen molar-refractivity contribution in [1.29, 1.82) is 0 Å². The lowest BCUT2D eigenvalue weighted by Crippen LogP contribution is -2.32. The lowest BCUT2D eigenvalue weighted by atomic mass is 9.94. The minimum atomic E-state index is -0.109. The lowest BCUT2D eigenvalue weighted by Gasteiger charge is -2.17. The van der Waals surface area contributed by atoms with E-state index in [9.17, 15) is 4.79 Å². The number of nitrogens with one attached hydrogen (secondary N) is 1. The molecule has 2 aromatic carbocycles. The molecule has 1 unspecified atom stereocenters. The van der Waals surface area contributed by atoms with Crippen LogP contribution in [0.1, 0.15) is 31.2 Å². The Bertz CT molecular complexity index is 628. The molecule has 0 saturated carbocycles. The van der Waals surface area contributed by atoms with Crippen LogP contribution in [0.25, 0.3) is 0 Å². The molecule has 1 N–H and O–H groups in total. The average molecular weight is 327 g/mol. The number of ether oxygens (including phenoxy) is 2. The molecule has 0 bridgehead atoms. The monoisotopic (exact) mass is 327 g/mol. The lowest BCUT2D eigenvalue weighted by molar-refractivity contribution is -0.122. The van der Waals surface area contributed by atoms with E-state index in [2.05, 4.69) is 12.2 Å². The molecule has 0 heterocycles. The van der Waals surface area contributed by atoms with Gasteiger partial charge in [-0.15, -0.1) is 0 Å². The smallest absolute Gasteiger partial charge is 0.227 e. The van der Waals surface area contributed by atoms with E-state index in [1.807, 2.05) is 54.6 Å². The second kappa shape index (κ2) is 9.60. The average Bonchev–Trinajstić information content (AvgIpc) is 2.64. The summed E-state index contributed by atoms with van der Waals surface area (Å²) in [6, 6.07) is 17.4. The Hall–Kier alpha value is -2.49. The number of benzene rings is 2. The molecule has 2 aromatic rings. The van der Waals surface area contributed by atoms with Gasteiger partial charge in [-0.3, -0.25) is 4.79 Å². The number of amides is 1. The van der Waals surface area contributed by atoms with Crippen LogP contribution in [0, 0.1) is 0 Å². The van der Waals surface area contributed by atoms with Gasteiger partial charge in [-0.2, -0.15) is 0 Å². The fourth-order valence-corrected chi connectivity index (χ4v) is 2.62. The normalized spacial score (nSPS) is 11.6. The van der Waals surface area contributed by atoms with E-state index in [0.717, 1.165) is 18.4 Å². The van der Waals surface area contributed by atoms with Crippen molar-refractivity contribution in [1.82, 2.24) is 5.32 Å². The van der Waals surface area contributed by atoms with Gasteiger partial charge in [0.05, 0.1) is 19.6 Å². The molecule has 0 spiro atoms. The summed E-state index contributed by atoms with van der Waals surface area (Å²) in [6.07, 6.45) is 1.80. The molecular weight excluding hydrogens is 302 g/mol. The first-order valence-corrected chi connectivity index (χ1v) is 8.34. The van der Waals surface area contributed by atoms with E-state index in [1.54, 1.807) is 7.11 Å². The molecule has 0 aliphatic carbocycles. The highest BCUT2D eigenvalue weighted by Crippen LogP contribution is 2.25. The van der Waals surface area contributed by atoms with Crippen LogP contribution >= 0.6 is 0 Å². The first-order valence-electron chi connectivity index (χ1n) is 8.34. The third kappa shape index (κ3) is 5.01. The molecule has 0 saturated heterocycles. The fraction of sp³-hybridized carbons (Fsp3) is 0.350. The SMILES string of the molecule is CCCC(C(=O)NCCOc1ccccc1OC)c1ccccc1. The summed E-state index contributed by atoms with van der Waals surface area (Å²) in [5.41, 5.74) is 1.06. The number of methoxy groups -OCH3 is 1. The largest absolute Gasteiger partial charge is 0.493 e. The Kier molecular flexibility index (Phi) is 7.15. The molecule has 0 aliphatic rings. The fourth-order valence-electron chi connectivity index (χ4n) is 2.62. The zero-order chi connectivity index (χ0) is 17.2. The first-order chi connectivity index (χ1) is 11.8. The molecular formula is C20H25NO3. The molecule has 0 fully saturated rings. The minimum absolute atomic E-state index is 0.0478. The molecule has 1 atom stereocenters. The van der Waals surface area contributed by atoms with Gasteiger partial charge in [0, 0.05) is 0 Å². The summed E-state index contributed by atoms with van der Waals surface area (Å²) < 4.78 is 10.9. The van der Waals surface area contributed by atoms with Gasteiger partial charge >= 0.3 is 0 Å². The molecule has 2 rings (SSSR count). The van der Waals surface area contributed by atoms with Gasteiger partial charge in [0.1, 0.15) is 6.61 Å². The number of rotatable bonds is 9. The van der Waals surface area contributed by atoms with Gasteiger partial charge in [0.25, 0.3) is 0 Å². The molecule has 24 heavy (non-hydrogen) atoms. The van der Waals surface area contributed by atoms with E-state index in [-0.39, 0.29) is 11.8 Å². The quantitative estimate of drug-likeness (QED) is 0.713. The van der Waals surface area contributed by atoms with Crippen molar-refractivity contribution in [2.75, 3.05) is 20.3 Å². The Morgan fingerprint density at radius 2 is 1.71 bits per heavy atom. The second-order valence-electron chi connectivity index (χ2n) is 5.54. The van der Waals surface area contributed by atoms with Gasteiger partial charge in [-0.1, -0.05) is 55.8 Å². The summed E-state index contributed by atoms with van der Waals surface area (Å²) in [6.45, 7) is 2.96. The first kappa shape index (κ1) is 17.9. The van der Waals surface area contributed by atoms with Crippen LogP contribution < -0.4 is 14.8 Å². The van der Waals surface area contributed by atoms with Crippen LogP contribution in [0.15, 0.2) is 54.6 Å². The molecule has 4 nitrogen and oxygen atoms in total. The molecule has 4 heteroatoms. The number of para-hydroxylation sites is 2. The van der Waals surface area contributed by atoms with Gasteiger partial charge in [-0.05, 0) is 24.1 Å². The van der Waals surface area contributed by atoms with Crippen LogP contribution in [-0.2, 0) is 4.79 Å². The Labute approximate surface area is 143 Å². The second-order valence-corrected chi connectivity index (χ2v) is 5.54. The van der Waals surface area contributed by atoms with Crippen molar-refractivity contribution < 1.29 is 14.3 Å². The highest BCUT2D eigenvalue weighted by Gasteiger charge is 2.18. The van der Waals surface area contributed by atoms with Crippen molar-refractivity contribution in [2.45, 2.75) is 25.7 Å². The summed E-state index contributed by atoms with van der Waals surface area (Å²) in [4.78, 5) is 12.5. The van der Waals surface area contributed by atoms with Crippen molar-refractivity contribution >= 4 is 5.91 Å². The van der Waals surface area contributed by atoms with E-state index in [0.29, 0.717) is 24.7 Å². The maximum Gasteiger partial charge on any atom is 0.227 e. The van der Waals surface area contributed by atoms with Crippen LogP contribution in [0.2, 0.25) is 0 Å². The van der Waals surface area contributed by atoms with Crippen molar-refractivity contribution in [3.63, 3.8) is 0 Å². The van der Waals surface area contributed by atoms with Crippen LogP contribution in [-0.4, -0.2) is 26.2 Å². The van der Waals surface area contributed by atoms with Crippen LogP contribution in [0.3, 0.4) is 0 Å². The standard InChI is InChI=1S/C20H25NO3/c1-3-9-17(16-10-5-4-6-11-16)20(22)21-14-15-24-19-13-8-7-12-18(19)23-2/h4-8,10-13,17H,3,9,14-15H2,1-2H3,(H,21,22). The highest BCUT2D eigenvalue weighted by molar-refractivity contribution is 5.83. The third-order valence-electron chi connectivity index (χ3n) is 3.82. The van der Waals surface area contributed by atoms with Gasteiger partial charge < -0.3 is 14.8 Å². The van der Waals surface area contributed by atoms with E-state index < -0.39 is 0 Å². The molecule has 0 aromatic heterocycles. The molecule has 0 radical (unpaired) electrons. The topological polar surface area (TPSA) is 47.6 Å². The summed E-state index contributed by atoms with van der Waals surface area (Å²) in [5, 5.41) is 2.97. The predicted octanol–water partition coefficient (Wildman–Crippen LogP) is 3.77. The van der Waals surface area contributed by atoms with Crippen molar-refractivity contribution in [3.8, 4) is 11.5 Å². The maximum atomic E-state index is 12.5. The van der Waals surface area contributed by atoms with E-state index in [1.165, 1.54) is 0 Å². The van der Waals surface area contributed by atoms with Gasteiger partial charge in [0.15, 0.2) is 11.5 Å². The number of carbonyl (C=O) groups is 1. The van der Waals surface area contributed by atoms with Gasteiger partial charge in [-0.25, -0.2) is 0 Å². The van der Waals surface area contributed by atoms with E-state index in [4.69, 9.17) is 9.47 Å². The summed E-state index contributed by atoms with van der Waals surface area (Å²) >= 11 is 0. The number of carbonyl (C=O) groups excluding carboxylic acids is 1. The van der Waals surface area contributed by atoms with Crippen molar-refractivity contribution in [2.24, 2.45) is 0 Å². The summed E-state index contributed by atoms with van der Waals surface area (Å²) in [7, 11) is 1.61. The molecule has 128 valence electrons. The zero-order valence-electron chi connectivity index (χ0n) is 14.3. The Balaban J connectivity index is 1.85. The predicted molar refractivity (Wildman–Crippen MR) is 95.6 cm³/mol. The van der Waals surface area contributed by atoms with Crippen LogP contribution in [0.5, 0.6) is 11.5 Å². The Morgan fingerprint density at radius 1 is 1.04 bits per heavy atom. The molecule has 1 amide bonds. The number of hydrogen-bond donors (Lipinski definition) is 1. The van der Waals surface area contributed by atoms with Gasteiger partial charge in [0.2, 0.25) is 5.91 Å². The van der Waals surface area contributed by atoms with Crippen molar-refractivity contribution in [3.05, 3.63) is 60.2 Å². The maximum absolute atomic E-state index is 12.5. The molecule has 0 aliphatic heterocycles. The third-order valence-corrected chi connectivity index (χ3v) is 3.82. The van der Waals surface area contributed by atoms with Crippen LogP contribution in [0.4, 0.5) is 0 Å². The Morgan fingerprint density at radius 3 is 2.38 bits per heavy atom. The zero-order valence-corrected chi connectivity index (χ0v) is 14.3. The summed E-state index contributed by atoms with van der Waals surface area (Å²) in [5.74, 6) is 1.31. The number of hydrogen-bond acceptors (Lipinski definition) is 3.